The number of aliphatic hydroxyl groups is 1. The quantitative estimate of drug-likeness (QED) is 0.299. The molecule has 1 atom stereocenters. The molecule has 9 heteroatoms. The Morgan fingerprint density at radius 3 is 2.74 bits per heavy atom. The zero-order chi connectivity index (χ0) is 24.2. The number of hydrogen-bond donors (Lipinski definition) is 3. The molecule has 6 nitrogen and oxygen atoms in total. The molecule has 0 aliphatic rings. The van der Waals surface area contributed by atoms with E-state index in [9.17, 15) is 14.3 Å². The van der Waals surface area contributed by atoms with Crippen LogP contribution in [-0.2, 0) is 0 Å². The predicted octanol–water partition coefficient (Wildman–Crippen LogP) is 5.83. The van der Waals surface area contributed by atoms with E-state index in [0.717, 1.165) is 11.3 Å². The number of carbonyl (C=O) groups is 1. The van der Waals surface area contributed by atoms with Gasteiger partial charge < -0.3 is 20.3 Å². The molecule has 0 bridgehead atoms. The topological polar surface area (TPSA) is 79.2 Å². The van der Waals surface area contributed by atoms with Gasteiger partial charge in [0, 0.05) is 29.7 Å². The van der Waals surface area contributed by atoms with Gasteiger partial charge in [0.25, 0.3) is 5.91 Å². The van der Waals surface area contributed by atoms with E-state index in [4.69, 9.17) is 23.2 Å². The fourth-order valence-corrected chi connectivity index (χ4v) is 3.88. The number of nitrogens with zero attached hydrogens (tertiary/aromatic N) is 2. The summed E-state index contributed by atoms with van der Waals surface area (Å²) in [5.41, 5.74) is 3.33. The maximum Gasteiger partial charge on any atom is 0.253 e. The third-order valence-corrected chi connectivity index (χ3v) is 5.79. The lowest BCUT2D eigenvalue weighted by Crippen LogP contribution is -2.30. The Hall–Kier alpha value is -3.39. The van der Waals surface area contributed by atoms with Gasteiger partial charge in [0.2, 0.25) is 0 Å². The van der Waals surface area contributed by atoms with Crippen molar-refractivity contribution in [3.8, 4) is 5.69 Å². The molecule has 4 rings (SSSR count). The first kappa shape index (κ1) is 23.8. The highest BCUT2D eigenvalue weighted by molar-refractivity contribution is 6.33. The Morgan fingerprint density at radius 1 is 1.18 bits per heavy atom. The van der Waals surface area contributed by atoms with Crippen molar-refractivity contribution in [2.24, 2.45) is 0 Å². The first-order chi connectivity index (χ1) is 16.3. The average Bonchev–Trinajstić information content (AvgIpc) is 3.30. The second-order valence-electron chi connectivity index (χ2n) is 7.68. The Balaban J connectivity index is 1.54. The summed E-state index contributed by atoms with van der Waals surface area (Å²) in [5.74, 6) is -0.249. The van der Waals surface area contributed by atoms with E-state index in [1.807, 2.05) is 6.92 Å². The van der Waals surface area contributed by atoms with Crippen molar-refractivity contribution in [3.63, 3.8) is 0 Å². The summed E-state index contributed by atoms with van der Waals surface area (Å²) in [6.45, 7) is 1.63. The van der Waals surface area contributed by atoms with E-state index in [1.54, 1.807) is 59.6 Å². The van der Waals surface area contributed by atoms with Gasteiger partial charge in [0.15, 0.2) is 0 Å². The summed E-state index contributed by atoms with van der Waals surface area (Å²) in [6, 6.07) is 14.0. The van der Waals surface area contributed by atoms with Gasteiger partial charge in [0.1, 0.15) is 11.6 Å². The van der Waals surface area contributed by atoms with Crippen LogP contribution in [0.3, 0.4) is 0 Å². The summed E-state index contributed by atoms with van der Waals surface area (Å²) < 4.78 is 15.1. The molecule has 0 aliphatic heterocycles. The van der Waals surface area contributed by atoms with Crippen LogP contribution in [0, 0.1) is 12.7 Å². The van der Waals surface area contributed by atoms with Gasteiger partial charge in [0.05, 0.1) is 34.6 Å². The summed E-state index contributed by atoms with van der Waals surface area (Å²) in [7, 11) is 0. The number of rotatable bonds is 7. The highest BCUT2D eigenvalue weighted by Gasteiger charge is 2.17. The summed E-state index contributed by atoms with van der Waals surface area (Å²) in [5, 5.41) is 16.4. The number of nitrogens with one attached hydrogen (secondary N) is 2. The number of aromatic nitrogens is 2. The first-order valence-corrected chi connectivity index (χ1v) is 11.1. The van der Waals surface area contributed by atoms with Crippen LogP contribution < -0.4 is 10.6 Å². The van der Waals surface area contributed by atoms with E-state index in [-0.39, 0.29) is 17.5 Å². The van der Waals surface area contributed by atoms with Gasteiger partial charge in [-0.25, -0.2) is 9.37 Å². The normalized spacial score (nSPS) is 11.8. The third-order valence-electron chi connectivity index (χ3n) is 5.24. The summed E-state index contributed by atoms with van der Waals surface area (Å²) >= 11 is 12.1. The molecule has 0 radical (unpaired) electrons. The molecule has 2 aromatic carbocycles. The monoisotopic (exact) mass is 498 g/mol. The number of anilines is 2. The van der Waals surface area contributed by atoms with Crippen LogP contribution in [0.4, 0.5) is 15.9 Å². The highest BCUT2D eigenvalue weighted by atomic mass is 35.5. The van der Waals surface area contributed by atoms with E-state index < -0.39 is 11.9 Å². The lowest BCUT2D eigenvalue weighted by molar-refractivity contribution is 0.0916. The van der Waals surface area contributed by atoms with E-state index in [2.05, 4.69) is 15.6 Å². The molecular weight excluding hydrogens is 478 g/mol. The lowest BCUT2D eigenvalue weighted by atomic mass is 10.1. The van der Waals surface area contributed by atoms with Crippen molar-refractivity contribution in [1.82, 2.24) is 14.9 Å². The number of halogens is 3. The molecule has 4 aromatic rings. The van der Waals surface area contributed by atoms with E-state index >= 15 is 0 Å². The minimum absolute atomic E-state index is 0.238. The van der Waals surface area contributed by atoms with Crippen molar-refractivity contribution in [2.45, 2.75) is 13.0 Å². The predicted molar refractivity (Wildman–Crippen MR) is 132 cm³/mol. The van der Waals surface area contributed by atoms with Crippen molar-refractivity contribution in [3.05, 3.63) is 106 Å². The first-order valence-electron chi connectivity index (χ1n) is 10.4. The van der Waals surface area contributed by atoms with Crippen molar-refractivity contribution >= 4 is 40.6 Å². The van der Waals surface area contributed by atoms with Crippen LogP contribution in [0.15, 0.2) is 73.2 Å². The summed E-state index contributed by atoms with van der Waals surface area (Å²) in [4.78, 5) is 17.2. The molecule has 3 N–H and O–H groups in total. The molecule has 2 aromatic heterocycles. The average molecular weight is 499 g/mol. The fraction of sp³-hybridized carbons (Fsp3) is 0.120. The minimum Gasteiger partial charge on any atom is -0.394 e. The van der Waals surface area contributed by atoms with Gasteiger partial charge in [-0.15, -0.1) is 0 Å². The molecule has 2 heterocycles. The SMILES string of the molecule is Cc1cnc(Nc2ccc(F)cc2Cl)cc1-n1ccc(C(=O)NC(CO)c2cccc(Cl)c2)c1. The van der Waals surface area contributed by atoms with Gasteiger partial charge in [-0.2, -0.15) is 0 Å². The Labute approximate surface area is 206 Å². The zero-order valence-electron chi connectivity index (χ0n) is 18.1. The number of aliphatic hydroxyl groups excluding tert-OH is 1. The standard InChI is InChI=1S/C25H21Cl2FN4O2/c1-15-12-29-24(30-21-6-5-19(28)10-20(21)27)11-23(15)32-8-7-17(13-32)25(34)31-22(14-33)16-3-2-4-18(26)9-16/h2-13,22,33H,14H2,1H3,(H,29,30)(H,31,34). The molecule has 174 valence electrons. The molecule has 0 spiro atoms. The molecular formula is C25H21Cl2FN4O2. The maximum atomic E-state index is 13.3. The smallest absolute Gasteiger partial charge is 0.253 e. The Kier molecular flexibility index (Phi) is 7.17. The Bertz CT molecular complexity index is 1340. The number of aryl methyl sites for hydroxylation is 1. The fourth-order valence-electron chi connectivity index (χ4n) is 3.47. The van der Waals surface area contributed by atoms with E-state index in [0.29, 0.717) is 27.7 Å². The van der Waals surface area contributed by atoms with Crippen LogP contribution in [0.25, 0.3) is 5.69 Å². The number of hydrogen-bond acceptors (Lipinski definition) is 4. The highest BCUT2D eigenvalue weighted by Crippen LogP contribution is 2.27. The number of amides is 1. The molecule has 0 aliphatic carbocycles. The number of pyridine rings is 1. The number of carbonyl (C=O) groups excluding carboxylic acids is 1. The number of benzene rings is 2. The maximum absolute atomic E-state index is 13.3. The van der Waals surface area contributed by atoms with Crippen molar-refractivity contribution < 1.29 is 14.3 Å². The molecule has 0 saturated carbocycles. The molecule has 0 fully saturated rings. The van der Waals surface area contributed by atoms with Crippen LogP contribution in [0.5, 0.6) is 0 Å². The van der Waals surface area contributed by atoms with Gasteiger partial charge in [-0.05, 0) is 54.4 Å². The molecule has 1 unspecified atom stereocenters. The van der Waals surface area contributed by atoms with Crippen LogP contribution >= 0.6 is 23.2 Å². The van der Waals surface area contributed by atoms with Crippen LogP contribution in [0.1, 0.15) is 27.5 Å². The molecule has 0 saturated heterocycles. The van der Waals surface area contributed by atoms with Crippen molar-refractivity contribution in [1.29, 1.82) is 0 Å². The Morgan fingerprint density at radius 2 is 2.00 bits per heavy atom. The minimum atomic E-state index is -0.589. The van der Waals surface area contributed by atoms with Gasteiger partial charge >= 0.3 is 0 Å². The second-order valence-corrected chi connectivity index (χ2v) is 8.52. The third kappa shape index (κ3) is 5.39. The summed E-state index contributed by atoms with van der Waals surface area (Å²) in [6.07, 6.45) is 5.15. The molecule has 1 amide bonds. The van der Waals surface area contributed by atoms with Crippen molar-refractivity contribution in [2.75, 3.05) is 11.9 Å². The zero-order valence-corrected chi connectivity index (χ0v) is 19.6. The van der Waals surface area contributed by atoms with Gasteiger partial charge in [-0.3, -0.25) is 4.79 Å². The molecule has 34 heavy (non-hydrogen) atoms. The van der Waals surface area contributed by atoms with E-state index in [1.165, 1.54) is 18.2 Å². The van der Waals surface area contributed by atoms with Crippen LogP contribution in [-0.4, -0.2) is 27.2 Å². The lowest BCUT2D eigenvalue weighted by Gasteiger charge is -2.16. The second kappa shape index (κ2) is 10.3. The van der Waals surface area contributed by atoms with Gasteiger partial charge in [-0.1, -0.05) is 35.3 Å². The largest absolute Gasteiger partial charge is 0.394 e. The van der Waals surface area contributed by atoms with Crippen LogP contribution in [0.2, 0.25) is 10.0 Å².